The SMILES string of the molecule is CN(Cc1ccccc1)C(=O)COC(=O)c1cc(Br)ccc1Cl. The lowest BCUT2D eigenvalue weighted by molar-refractivity contribution is -0.133. The Morgan fingerprint density at radius 1 is 1.17 bits per heavy atom. The van der Waals surface area contributed by atoms with Gasteiger partial charge >= 0.3 is 5.97 Å². The maximum atomic E-state index is 12.0. The van der Waals surface area contributed by atoms with Gasteiger partial charge in [-0.05, 0) is 23.8 Å². The van der Waals surface area contributed by atoms with Gasteiger partial charge in [0, 0.05) is 18.1 Å². The first-order chi connectivity index (χ1) is 11.0. The zero-order valence-electron chi connectivity index (χ0n) is 12.5. The second kappa shape index (κ2) is 8.13. The number of likely N-dealkylation sites (N-methyl/N-ethyl adjacent to an activating group) is 1. The molecule has 0 unspecified atom stereocenters. The minimum atomic E-state index is -0.627. The first-order valence-corrected chi connectivity index (χ1v) is 8.04. The monoisotopic (exact) mass is 395 g/mol. The zero-order valence-corrected chi connectivity index (χ0v) is 14.8. The van der Waals surface area contributed by atoms with Crippen molar-refractivity contribution in [3.8, 4) is 0 Å². The molecular formula is C17H15BrClNO3. The van der Waals surface area contributed by atoms with E-state index in [1.165, 1.54) is 4.90 Å². The highest BCUT2D eigenvalue weighted by Gasteiger charge is 2.16. The van der Waals surface area contributed by atoms with Crippen LogP contribution in [-0.4, -0.2) is 30.4 Å². The summed E-state index contributed by atoms with van der Waals surface area (Å²) in [5.74, 6) is -0.911. The molecule has 2 aromatic rings. The fourth-order valence-electron chi connectivity index (χ4n) is 1.91. The Labute approximate surface area is 148 Å². The van der Waals surface area contributed by atoms with Crippen molar-refractivity contribution in [1.82, 2.24) is 4.90 Å². The van der Waals surface area contributed by atoms with E-state index >= 15 is 0 Å². The minimum absolute atomic E-state index is 0.222. The van der Waals surface area contributed by atoms with Gasteiger partial charge in [0.15, 0.2) is 6.61 Å². The van der Waals surface area contributed by atoms with E-state index in [1.54, 1.807) is 25.2 Å². The van der Waals surface area contributed by atoms with Crippen LogP contribution in [0, 0.1) is 0 Å². The number of carbonyl (C=O) groups is 2. The highest BCUT2D eigenvalue weighted by atomic mass is 79.9. The van der Waals surface area contributed by atoms with Crippen molar-refractivity contribution in [3.63, 3.8) is 0 Å². The first-order valence-electron chi connectivity index (χ1n) is 6.87. The third-order valence-electron chi connectivity index (χ3n) is 3.16. The number of halogens is 2. The van der Waals surface area contributed by atoms with Crippen LogP contribution in [0.3, 0.4) is 0 Å². The molecule has 0 fully saturated rings. The molecule has 0 spiro atoms. The Bertz CT molecular complexity index is 706. The number of nitrogens with zero attached hydrogens (tertiary/aromatic N) is 1. The van der Waals surface area contributed by atoms with E-state index in [4.69, 9.17) is 16.3 Å². The molecule has 0 saturated heterocycles. The predicted octanol–water partition coefficient (Wildman–Crippen LogP) is 3.92. The Kier molecular flexibility index (Phi) is 6.19. The molecule has 0 aromatic heterocycles. The van der Waals surface area contributed by atoms with E-state index in [-0.39, 0.29) is 23.1 Å². The van der Waals surface area contributed by atoms with E-state index in [0.717, 1.165) is 5.56 Å². The van der Waals surface area contributed by atoms with Gasteiger partial charge in [-0.2, -0.15) is 0 Å². The molecule has 0 saturated carbocycles. The summed E-state index contributed by atoms with van der Waals surface area (Å²) in [5, 5.41) is 0.281. The molecule has 120 valence electrons. The van der Waals surface area contributed by atoms with Gasteiger partial charge in [-0.25, -0.2) is 4.79 Å². The molecule has 4 nitrogen and oxygen atoms in total. The van der Waals surface area contributed by atoms with E-state index in [1.807, 2.05) is 30.3 Å². The molecule has 0 N–H and O–H groups in total. The summed E-state index contributed by atoms with van der Waals surface area (Å²) in [6.45, 7) is 0.125. The fraction of sp³-hybridized carbons (Fsp3) is 0.176. The van der Waals surface area contributed by atoms with Gasteiger partial charge in [0.05, 0.1) is 10.6 Å². The molecule has 0 aliphatic carbocycles. The van der Waals surface area contributed by atoms with Crippen molar-refractivity contribution >= 4 is 39.4 Å². The topological polar surface area (TPSA) is 46.6 Å². The van der Waals surface area contributed by atoms with Crippen LogP contribution in [0.15, 0.2) is 53.0 Å². The van der Waals surface area contributed by atoms with E-state index in [9.17, 15) is 9.59 Å². The fourth-order valence-corrected chi connectivity index (χ4v) is 2.47. The number of amides is 1. The van der Waals surface area contributed by atoms with E-state index < -0.39 is 5.97 Å². The zero-order chi connectivity index (χ0) is 16.8. The Morgan fingerprint density at radius 3 is 2.57 bits per heavy atom. The Balaban J connectivity index is 1.90. The smallest absolute Gasteiger partial charge is 0.340 e. The van der Waals surface area contributed by atoms with Crippen molar-refractivity contribution in [2.75, 3.05) is 13.7 Å². The van der Waals surface area contributed by atoms with Crippen LogP contribution >= 0.6 is 27.5 Å². The van der Waals surface area contributed by atoms with Gasteiger partial charge in [-0.1, -0.05) is 57.9 Å². The molecule has 0 heterocycles. The highest BCUT2D eigenvalue weighted by Crippen LogP contribution is 2.21. The summed E-state index contributed by atoms with van der Waals surface area (Å²) in [7, 11) is 1.66. The molecular weight excluding hydrogens is 382 g/mol. The van der Waals surface area contributed by atoms with Gasteiger partial charge in [-0.3, -0.25) is 4.79 Å². The number of ether oxygens (including phenoxy) is 1. The largest absolute Gasteiger partial charge is 0.452 e. The van der Waals surface area contributed by atoms with Crippen molar-refractivity contribution < 1.29 is 14.3 Å². The van der Waals surface area contributed by atoms with Crippen LogP contribution in [0.4, 0.5) is 0 Å². The van der Waals surface area contributed by atoms with Crippen LogP contribution in [0.5, 0.6) is 0 Å². The van der Waals surface area contributed by atoms with Gasteiger partial charge < -0.3 is 9.64 Å². The normalized spacial score (nSPS) is 10.2. The quantitative estimate of drug-likeness (QED) is 0.720. The van der Waals surface area contributed by atoms with Crippen molar-refractivity contribution in [1.29, 1.82) is 0 Å². The minimum Gasteiger partial charge on any atom is -0.452 e. The van der Waals surface area contributed by atoms with Gasteiger partial charge in [0.1, 0.15) is 0 Å². The maximum Gasteiger partial charge on any atom is 0.340 e. The Hall–Kier alpha value is -1.85. The van der Waals surface area contributed by atoms with Gasteiger partial charge in [0.2, 0.25) is 0 Å². The molecule has 0 radical (unpaired) electrons. The first kappa shape index (κ1) is 17.5. The number of esters is 1. The number of hydrogen-bond donors (Lipinski definition) is 0. The Morgan fingerprint density at radius 2 is 1.87 bits per heavy atom. The number of rotatable bonds is 5. The highest BCUT2D eigenvalue weighted by molar-refractivity contribution is 9.10. The van der Waals surface area contributed by atoms with Crippen LogP contribution in [0.25, 0.3) is 0 Å². The average molecular weight is 397 g/mol. The summed E-state index contributed by atoms with van der Waals surface area (Å²) < 4.78 is 5.76. The average Bonchev–Trinajstić information content (AvgIpc) is 2.55. The van der Waals surface area contributed by atoms with Crippen LogP contribution in [-0.2, 0) is 16.1 Å². The lowest BCUT2D eigenvalue weighted by Crippen LogP contribution is -2.30. The van der Waals surface area contributed by atoms with Crippen molar-refractivity contribution in [3.05, 3.63) is 69.2 Å². The van der Waals surface area contributed by atoms with Gasteiger partial charge in [-0.15, -0.1) is 0 Å². The standard InChI is InChI=1S/C17H15BrClNO3/c1-20(10-12-5-3-2-4-6-12)16(21)11-23-17(22)14-9-13(18)7-8-15(14)19/h2-9H,10-11H2,1H3. The summed E-state index contributed by atoms with van der Waals surface area (Å²) in [6, 6.07) is 14.4. The van der Waals surface area contributed by atoms with Gasteiger partial charge in [0.25, 0.3) is 5.91 Å². The summed E-state index contributed by atoms with van der Waals surface area (Å²) in [4.78, 5) is 25.6. The molecule has 2 aromatic carbocycles. The molecule has 2 rings (SSSR count). The molecule has 0 aliphatic rings. The summed E-state index contributed by atoms with van der Waals surface area (Å²) in [6.07, 6.45) is 0. The van der Waals surface area contributed by atoms with E-state index in [2.05, 4.69) is 15.9 Å². The molecule has 23 heavy (non-hydrogen) atoms. The second-order valence-electron chi connectivity index (χ2n) is 4.94. The summed E-state index contributed by atoms with van der Waals surface area (Å²) in [5.41, 5.74) is 1.23. The van der Waals surface area contributed by atoms with Crippen molar-refractivity contribution in [2.45, 2.75) is 6.54 Å². The van der Waals surface area contributed by atoms with Crippen LogP contribution < -0.4 is 0 Å². The number of hydrogen-bond acceptors (Lipinski definition) is 3. The maximum absolute atomic E-state index is 12.0. The van der Waals surface area contributed by atoms with E-state index in [0.29, 0.717) is 11.0 Å². The molecule has 6 heteroatoms. The molecule has 0 aliphatic heterocycles. The van der Waals surface area contributed by atoms with Crippen LogP contribution in [0.2, 0.25) is 5.02 Å². The lowest BCUT2D eigenvalue weighted by atomic mass is 10.2. The third kappa shape index (κ3) is 5.08. The second-order valence-corrected chi connectivity index (χ2v) is 6.26. The molecule has 0 bridgehead atoms. The number of carbonyl (C=O) groups excluding carboxylic acids is 2. The third-order valence-corrected chi connectivity index (χ3v) is 3.99. The molecule has 1 amide bonds. The van der Waals surface area contributed by atoms with Crippen molar-refractivity contribution in [2.24, 2.45) is 0 Å². The predicted molar refractivity (Wildman–Crippen MR) is 92.4 cm³/mol. The molecule has 0 atom stereocenters. The van der Waals surface area contributed by atoms with Crippen LogP contribution in [0.1, 0.15) is 15.9 Å². The lowest BCUT2D eigenvalue weighted by Gasteiger charge is -2.17. The number of benzene rings is 2. The summed E-state index contributed by atoms with van der Waals surface area (Å²) >= 11 is 9.22.